The topological polar surface area (TPSA) is 57.9 Å². The van der Waals surface area contributed by atoms with Crippen molar-refractivity contribution < 1.29 is 4.74 Å². The van der Waals surface area contributed by atoms with E-state index in [-0.39, 0.29) is 0 Å². The van der Waals surface area contributed by atoms with Crippen molar-refractivity contribution in [2.45, 2.75) is 13.5 Å². The van der Waals surface area contributed by atoms with Crippen LogP contribution in [0.5, 0.6) is 5.75 Å². The van der Waals surface area contributed by atoms with Gasteiger partial charge in [-0.3, -0.25) is 0 Å². The van der Waals surface area contributed by atoms with Crippen LogP contribution in [0.1, 0.15) is 18.2 Å². The summed E-state index contributed by atoms with van der Waals surface area (Å²) in [6, 6.07) is 19.7. The van der Waals surface area contributed by atoms with Crippen molar-refractivity contribution in [3.8, 4) is 11.8 Å². The fourth-order valence-electron chi connectivity index (χ4n) is 2.49. The lowest BCUT2D eigenvalue weighted by Crippen LogP contribution is -2.02. The van der Waals surface area contributed by atoms with E-state index in [1.807, 2.05) is 55.5 Å². The van der Waals surface area contributed by atoms with E-state index in [1.165, 1.54) is 0 Å². The van der Waals surface area contributed by atoms with Gasteiger partial charge in [-0.05, 0) is 36.8 Å². The van der Waals surface area contributed by atoms with Gasteiger partial charge in [0.05, 0.1) is 12.1 Å². The molecule has 1 heterocycles. The fraction of sp³-hybridized carbons (Fsp3) is 0.158. The van der Waals surface area contributed by atoms with E-state index >= 15 is 0 Å². The summed E-state index contributed by atoms with van der Waals surface area (Å²) in [7, 11) is 0. The summed E-state index contributed by atoms with van der Waals surface area (Å²) in [6.45, 7) is 3.27. The smallest absolute Gasteiger partial charge is 0.143 e. The van der Waals surface area contributed by atoms with Gasteiger partial charge in [-0.1, -0.05) is 30.3 Å². The maximum absolute atomic E-state index is 9.15. The minimum absolute atomic E-state index is 0.411. The average Bonchev–Trinajstić information content (AvgIpc) is 2.60. The number of nitrogens with zero attached hydrogens (tertiary/aromatic N) is 2. The van der Waals surface area contributed by atoms with E-state index in [1.54, 1.807) is 6.07 Å². The molecule has 2 aromatic carbocycles. The third-order valence-electron chi connectivity index (χ3n) is 3.52. The second-order valence-electron chi connectivity index (χ2n) is 5.12. The molecule has 0 bridgehead atoms. The van der Waals surface area contributed by atoms with Crippen molar-refractivity contribution in [1.29, 1.82) is 5.26 Å². The standard InChI is InChI=1S/C19H17N3O/c1-2-23-16-7-5-6-14(10-16)13-21-19-11-15(12-20)22-18-9-4-3-8-17(18)19/h3-11H,2,13H2,1H3,(H,21,22). The second kappa shape index (κ2) is 6.80. The van der Waals surface area contributed by atoms with Gasteiger partial charge < -0.3 is 10.1 Å². The first-order valence-electron chi connectivity index (χ1n) is 7.55. The van der Waals surface area contributed by atoms with Gasteiger partial charge in [0.15, 0.2) is 0 Å². The van der Waals surface area contributed by atoms with Crippen LogP contribution >= 0.6 is 0 Å². The van der Waals surface area contributed by atoms with Crippen LogP contribution in [0.25, 0.3) is 10.9 Å². The molecule has 4 nitrogen and oxygen atoms in total. The zero-order chi connectivity index (χ0) is 16.1. The highest BCUT2D eigenvalue weighted by Crippen LogP contribution is 2.24. The predicted molar refractivity (Wildman–Crippen MR) is 91.4 cm³/mol. The molecule has 1 N–H and O–H groups in total. The molecule has 0 aliphatic heterocycles. The molecule has 0 radical (unpaired) electrons. The first-order chi connectivity index (χ1) is 11.3. The third-order valence-corrected chi connectivity index (χ3v) is 3.52. The van der Waals surface area contributed by atoms with E-state index in [2.05, 4.69) is 16.4 Å². The van der Waals surface area contributed by atoms with Crippen LogP contribution in [0.3, 0.4) is 0 Å². The van der Waals surface area contributed by atoms with Crippen molar-refractivity contribution in [3.05, 3.63) is 65.9 Å². The van der Waals surface area contributed by atoms with Gasteiger partial charge in [-0.2, -0.15) is 5.26 Å². The monoisotopic (exact) mass is 303 g/mol. The van der Waals surface area contributed by atoms with Crippen LogP contribution in [-0.4, -0.2) is 11.6 Å². The van der Waals surface area contributed by atoms with E-state index in [9.17, 15) is 0 Å². The molecule has 1 aromatic heterocycles. The Hall–Kier alpha value is -3.06. The summed E-state index contributed by atoms with van der Waals surface area (Å²) in [5.74, 6) is 0.865. The van der Waals surface area contributed by atoms with Gasteiger partial charge in [0.2, 0.25) is 0 Å². The number of para-hydroxylation sites is 1. The van der Waals surface area contributed by atoms with Gasteiger partial charge >= 0.3 is 0 Å². The van der Waals surface area contributed by atoms with Crippen LogP contribution < -0.4 is 10.1 Å². The van der Waals surface area contributed by atoms with E-state index in [0.717, 1.165) is 27.9 Å². The molecule has 0 atom stereocenters. The van der Waals surface area contributed by atoms with Gasteiger partial charge in [0.25, 0.3) is 0 Å². The lowest BCUT2D eigenvalue weighted by atomic mass is 10.1. The second-order valence-corrected chi connectivity index (χ2v) is 5.12. The number of nitrogens with one attached hydrogen (secondary N) is 1. The Labute approximate surface area is 135 Å². The summed E-state index contributed by atoms with van der Waals surface area (Å²) in [4.78, 5) is 4.33. The number of fused-ring (bicyclic) bond motifs is 1. The Morgan fingerprint density at radius 3 is 2.83 bits per heavy atom. The summed E-state index contributed by atoms with van der Waals surface area (Å²) >= 11 is 0. The Bertz CT molecular complexity index is 868. The maximum Gasteiger partial charge on any atom is 0.143 e. The van der Waals surface area contributed by atoms with Crippen LogP contribution in [0.2, 0.25) is 0 Å². The summed E-state index contributed by atoms with van der Waals surface area (Å²) < 4.78 is 5.52. The van der Waals surface area contributed by atoms with Gasteiger partial charge in [0.1, 0.15) is 17.5 Å². The Balaban J connectivity index is 1.87. The highest BCUT2D eigenvalue weighted by molar-refractivity contribution is 5.91. The quantitative estimate of drug-likeness (QED) is 0.770. The number of ether oxygens (including phenoxy) is 1. The largest absolute Gasteiger partial charge is 0.494 e. The Kier molecular flexibility index (Phi) is 4.39. The summed E-state index contributed by atoms with van der Waals surface area (Å²) in [6.07, 6.45) is 0. The van der Waals surface area contributed by atoms with E-state index in [0.29, 0.717) is 18.8 Å². The SMILES string of the molecule is CCOc1cccc(CNc2cc(C#N)nc3ccccc23)c1. The first-order valence-corrected chi connectivity index (χ1v) is 7.55. The summed E-state index contributed by atoms with van der Waals surface area (Å²) in [5, 5.41) is 13.6. The number of aromatic nitrogens is 1. The number of hydrogen-bond donors (Lipinski definition) is 1. The average molecular weight is 303 g/mol. The van der Waals surface area contributed by atoms with E-state index < -0.39 is 0 Å². The number of nitriles is 1. The minimum atomic E-state index is 0.411. The van der Waals surface area contributed by atoms with Crippen LogP contribution in [0.4, 0.5) is 5.69 Å². The molecule has 114 valence electrons. The van der Waals surface area contributed by atoms with Gasteiger partial charge in [0, 0.05) is 17.6 Å². The highest BCUT2D eigenvalue weighted by atomic mass is 16.5. The fourth-order valence-corrected chi connectivity index (χ4v) is 2.49. The van der Waals surface area contributed by atoms with Crippen LogP contribution in [0.15, 0.2) is 54.6 Å². The Morgan fingerprint density at radius 1 is 1.13 bits per heavy atom. The predicted octanol–water partition coefficient (Wildman–Crippen LogP) is 4.12. The molecular formula is C19H17N3O. The normalized spacial score (nSPS) is 10.3. The zero-order valence-electron chi connectivity index (χ0n) is 12.9. The van der Waals surface area contributed by atoms with Crippen molar-refractivity contribution in [2.75, 3.05) is 11.9 Å². The molecule has 0 aliphatic rings. The maximum atomic E-state index is 9.15. The zero-order valence-corrected chi connectivity index (χ0v) is 12.9. The van der Waals surface area contributed by atoms with Crippen molar-refractivity contribution in [2.24, 2.45) is 0 Å². The molecular weight excluding hydrogens is 286 g/mol. The minimum Gasteiger partial charge on any atom is -0.494 e. The number of benzene rings is 2. The number of pyridine rings is 1. The van der Waals surface area contributed by atoms with Gasteiger partial charge in [-0.15, -0.1) is 0 Å². The van der Waals surface area contributed by atoms with Crippen LogP contribution in [-0.2, 0) is 6.54 Å². The lowest BCUT2D eigenvalue weighted by molar-refractivity contribution is 0.340. The highest BCUT2D eigenvalue weighted by Gasteiger charge is 2.05. The molecule has 0 unspecified atom stereocenters. The molecule has 0 fully saturated rings. The molecule has 0 spiro atoms. The van der Waals surface area contributed by atoms with Crippen LogP contribution in [0, 0.1) is 11.3 Å². The number of hydrogen-bond acceptors (Lipinski definition) is 4. The van der Waals surface area contributed by atoms with Crippen molar-refractivity contribution in [1.82, 2.24) is 4.98 Å². The number of rotatable bonds is 5. The molecule has 3 aromatic rings. The third kappa shape index (κ3) is 3.41. The molecule has 4 heteroatoms. The molecule has 3 rings (SSSR count). The first kappa shape index (κ1) is 14.9. The van der Waals surface area contributed by atoms with Gasteiger partial charge in [-0.25, -0.2) is 4.98 Å². The summed E-state index contributed by atoms with van der Waals surface area (Å²) in [5.41, 5.74) is 3.26. The Morgan fingerprint density at radius 2 is 2.00 bits per heavy atom. The molecule has 0 saturated carbocycles. The van der Waals surface area contributed by atoms with Crippen molar-refractivity contribution in [3.63, 3.8) is 0 Å². The lowest BCUT2D eigenvalue weighted by Gasteiger charge is -2.11. The molecule has 0 saturated heterocycles. The molecule has 0 amide bonds. The molecule has 0 aliphatic carbocycles. The van der Waals surface area contributed by atoms with E-state index in [4.69, 9.17) is 10.00 Å². The molecule has 23 heavy (non-hydrogen) atoms. The van der Waals surface area contributed by atoms with Crippen molar-refractivity contribution >= 4 is 16.6 Å². The number of anilines is 1.